The van der Waals surface area contributed by atoms with Gasteiger partial charge in [0.25, 0.3) is 5.91 Å². The summed E-state index contributed by atoms with van der Waals surface area (Å²) in [6.07, 6.45) is -5.05. The van der Waals surface area contributed by atoms with E-state index in [0.29, 0.717) is 0 Å². The summed E-state index contributed by atoms with van der Waals surface area (Å²) in [5.41, 5.74) is 0. The molecular formula is C11H15Cl2FN2O5. The van der Waals surface area contributed by atoms with E-state index in [-0.39, 0.29) is 13.0 Å². The molecule has 0 unspecified atom stereocenters. The normalized spacial score (nSPS) is 36.0. The van der Waals surface area contributed by atoms with E-state index in [4.69, 9.17) is 37.8 Å². The minimum Gasteiger partial charge on any atom is -0.394 e. The van der Waals surface area contributed by atoms with E-state index in [9.17, 15) is 14.0 Å². The number of nitrogens with one attached hydrogen (secondary N) is 1. The molecule has 0 aromatic rings. The summed E-state index contributed by atoms with van der Waals surface area (Å²) < 4.78 is 22.2. The minimum absolute atomic E-state index is 0.123. The number of alkyl halides is 3. The Bertz CT molecular complexity index is 439. The molecule has 7 nitrogen and oxygen atoms in total. The van der Waals surface area contributed by atoms with Crippen LogP contribution in [-0.4, -0.2) is 64.2 Å². The lowest BCUT2D eigenvalue weighted by atomic mass is 10.2. The molecule has 21 heavy (non-hydrogen) atoms. The number of rotatable bonds is 4. The second-order valence-electron chi connectivity index (χ2n) is 4.66. The van der Waals surface area contributed by atoms with Gasteiger partial charge in [-0.25, -0.2) is 9.18 Å². The lowest BCUT2D eigenvalue weighted by Crippen LogP contribution is -2.68. The molecule has 0 spiro atoms. The molecular weight excluding hydrogens is 330 g/mol. The van der Waals surface area contributed by atoms with Crippen LogP contribution in [0.15, 0.2) is 0 Å². The molecule has 2 aliphatic rings. The Hall–Kier alpha value is -0.670. The maximum Gasteiger partial charge on any atom is 0.328 e. The maximum atomic E-state index is 13.7. The zero-order valence-electron chi connectivity index (χ0n) is 11.1. The highest BCUT2D eigenvalue weighted by Gasteiger charge is 2.56. The highest BCUT2D eigenvalue weighted by Crippen LogP contribution is 2.37. The van der Waals surface area contributed by atoms with Crippen LogP contribution < -0.4 is 5.32 Å². The van der Waals surface area contributed by atoms with Crippen LogP contribution >= 0.6 is 23.2 Å². The fourth-order valence-electron chi connectivity index (χ4n) is 2.29. The third-order valence-corrected chi connectivity index (χ3v) is 4.01. The van der Waals surface area contributed by atoms with Crippen LogP contribution in [0.1, 0.15) is 13.3 Å². The average Bonchev–Trinajstić information content (AvgIpc) is 2.77. The number of hydrogen-bond acceptors (Lipinski definition) is 5. The van der Waals surface area contributed by atoms with Crippen molar-refractivity contribution in [1.82, 2.24) is 10.2 Å². The monoisotopic (exact) mass is 344 g/mol. The molecule has 120 valence electrons. The highest BCUT2D eigenvalue weighted by atomic mass is 35.5. The van der Waals surface area contributed by atoms with Gasteiger partial charge in [0, 0.05) is 13.0 Å². The Morgan fingerprint density at radius 1 is 1.57 bits per heavy atom. The number of imide groups is 1. The third-order valence-electron chi connectivity index (χ3n) is 3.30. The fraction of sp³-hybridized carbons (Fsp3) is 0.818. The van der Waals surface area contributed by atoms with Crippen LogP contribution in [0.2, 0.25) is 0 Å². The number of nitrogens with zero attached hydrogens (tertiary/aromatic N) is 1. The van der Waals surface area contributed by atoms with Crippen LogP contribution in [0.5, 0.6) is 0 Å². The van der Waals surface area contributed by atoms with Crippen molar-refractivity contribution in [2.45, 2.75) is 42.4 Å². The third kappa shape index (κ3) is 2.95. The van der Waals surface area contributed by atoms with Gasteiger partial charge >= 0.3 is 6.03 Å². The SMILES string of the molecule is CCO[C@@H]1N([C@H]2C[C@H](F)[C@@H](CO)O2)C(=O)NC(=O)C1(Cl)Cl. The first-order valence-corrected chi connectivity index (χ1v) is 7.12. The molecule has 2 rings (SSSR count). The van der Waals surface area contributed by atoms with Gasteiger partial charge in [-0.05, 0) is 6.92 Å². The van der Waals surface area contributed by atoms with Crippen molar-refractivity contribution < 1.29 is 28.6 Å². The van der Waals surface area contributed by atoms with Crippen molar-refractivity contribution in [2.75, 3.05) is 13.2 Å². The van der Waals surface area contributed by atoms with Gasteiger partial charge in [-0.2, -0.15) is 0 Å². The molecule has 4 atom stereocenters. The number of aliphatic hydroxyl groups is 1. The molecule has 3 amide bonds. The number of aliphatic hydroxyl groups excluding tert-OH is 1. The zero-order valence-corrected chi connectivity index (χ0v) is 12.6. The van der Waals surface area contributed by atoms with Gasteiger partial charge in [-0.1, -0.05) is 23.2 Å². The molecule has 2 fully saturated rings. The Morgan fingerprint density at radius 2 is 2.24 bits per heavy atom. The van der Waals surface area contributed by atoms with Gasteiger partial charge in [-0.3, -0.25) is 15.0 Å². The highest BCUT2D eigenvalue weighted by molar-refractivity contribution is 6.59. The van der Waals surface area contributed by atoms with E-state index in [1.807, 2.05) is 5.32 Å². The van der Waals surface area contributed by atoms with Crippen molar-refractivity contribution in [3.05, 3.63) is 0 Å². The Balaban J connectivity index is 2.26. The second-order valence-corrected chi connectivity index (χ2v) is 6.05. The standard InChI is InChI=1S/C11H15Cl2FN2O5/c1-2-20-9-11(12,13)8(18)15-10(19)16(9)7-3-5(14)6(4-17)21-7/h5-7,9,17H,2-4H2,1H3,(H,15,18,19)/t5-,6+,7+,9-/m0/s1. The molecule has 2 aliphatic heterocycles. The van der Waals surface area contributed by atoms with Gasteiger partial charge in [-0.15, -0.1) is 0 Å². The van der Waals surface area contributed by atoms with E-state index in [1.165, 1.54) is 0 Å². The molecule has 2 heterocycles. The Labute approximate surface area is 130 Å². The number of amides is 3. The number of carbonyl (C=O) groups is 2. The topological polar surface area (TPSA) is 88.1 Å². The second kappa shape index (κ2) is 6.21. The van der Waals surface area contributed by atoms with E-state index in [1.54, 1.807) is 6.92 Å². The Morgan fingerprint density at radius 3 is 2.76 bits per heavy atom. The van der Waals surface area contributed by atoms with Crippen molar-refractivity contribution in [3.8, 4) is 0 Å². The van der Waals surface area contributed by atoms with Crippen molar-refractivity contribution >= 4 is 35.1 Å². The van der Waals surface area contributed by atoms with Crippen molar-refractivity contribution in [1.29, 1.82) is 0 Å². The first-order chi connectivity index (χ1) is 9.82. The van der Waals surface area contributed by atoms with Gasteiger partial charge in [0.15, 0.2) is 6.23 Å². The summed E-state index contributed by atoms with van der Waals surface area (Å²) in [6, 6.07) is -0.842. The predicted octanol–water partition coefficient (Wildman–Crippen LogP) is 0.520. The summed E-state index contributed by atoms with van der Waals surface area (Å²) in [7, 11) is 0. The van der Waals surface area contributed by atoms with Crippen LogP contribution in [0, 0.1) is 0 Å². The molecule has 0 radical (unpaired) electrons. The number of urea groups is 1. The van der Waals surface area contributed by atoms with Crippen LogP contribution in [0.25, 0.3) is 0 Å². The summed E-state index contributed by atoms with van der Waals surface area (Å²) >= 11 is 11.9. The quantitative estimate of drug-likeness (QED) is 0.726. The maximum absolute atomic E-state index is 13.7. The average molecular weight is 345 g/mol. The number of halogens is 3. The molecule has 0 aromatic heterocycles. The van der Waals surface area contributed by atoms with Crippen LogP contribution in [-0.2, 0) is 14.3 Å². The lowest BCUT2D eigenvalue weighted by Gasteiger charge is -2.43. The Kier molecular flexibility index (Phi) is 4.94. The van der Waals surface area contributed by atoms with E-state index < -0.39 is 47.6 Å². The van der Waals surface area contributed by atoms with Crippen LogP contribution in [0.3, 0.4) is 0 Å². The van der Waals surface area contributed by atoms with E-state index in [2.05, 4.69) is 0 Å². The molecule has 0 bridgehead atoms. The molecule has 2 saturated heterocycles. The fourth-order valence-corrected chi connectivity index (χ4v) is 2.72. The molecule has 0 aliphatic carbocycles. The summed E-state index contributed by atoms with van der Waals surface area (Å²) in [5.74, 6) is -0.918. The summed E-state index contributed by atoms with van der Waals surface area (Å²) in [5, 5.41) is 11.0. The largest absolute Gasteiger partial charge is 0.394 e. The zero-order chi connectivity index (χ0) is 15.8. The molecule has 2 N–H and O–H groups in total. The van der Waals surface area contributed by atoms with Crippen molar-refractivity contribution in [3.63, 3.8) is 0 Å². The first-order valence-electron chi connectivity index (χ1n) is 6.36. The van der Waals surface area contributed by atoms with Crippen molar-refractivity contribution in [2.24, 2.45) is 0 Å². The predicted molar refractivity (Wildman–Crippen MR) is 70.5 cm³/mol. The van der Waals surface area contributed by atoms with Gasteiger partial charge in [0.1, 0.15) is 18.5 Å². The summed E-state index contributed by atoms with van der Waals surface area (Å²) in [6.45, 7) is 1.22. The number of hydrogen-bond donors (Lipinski definition) is 2. The van der Waals surface area contributed by atoms with Gasteiger partial charge in [0.2, 0.25) is 4.33 Å². The first kappa shape index (κ1) is 16.7. The summed E-state index contributed by atoms with van der Waals surface area (Å²) in [4.78, 5) is 24.6. The van der Waals surface area contributed by atoms with E-state index in [0.717, 1.165) is 4.90 Å². The molecule has 0 saturated carbocycles. The van der Waals surface area contributed by atoms with Crippen LogP contribution in [0.4, 0.5) is 9.18 Å². The van der Waals surface area contributed by atoms with Gasteiger partial charge in [0.05, 0.1) is 6.61 Å². The molecule has 0 aromatic carbocycles. The molecule has 10 heteroatoms. The number of ether oxygens (including phenoxy) is 2. The number of carbonyl (C=O) groups excluding carboxylic acids is 2. The minimum atomic E-state index is -2.05. The van der Waals surface area contributed by atoms with Gasteiger partial charge < -0.3 is 14.6 Å². The lowest BCUT2D eigenvalue weighted by molar-refractivity contribution is -0.154. The van der Waals surface area contributed by atoms with E-state index >= 15 is 0 Å². The smallest absolute Gasteiger partial charge is 0.328 e.